The van der Waals surface area contributed by atoms with Crippen molar-refractivity contribution in [3.63, 3.8) is 0 Å². The van der Waals surface area contributed by atoms with E-state index in [1.165, 1.54) is 24.0 Å². The number of nitrogens with one attached hydrogen (secondary N) is 1. The third-order valence-electron chi connectivity index (χ3n) is 4.07. The summed E-state index contributed by atoms with van der Waals surface area (Å²) in [4.78, 5) is 0. The highest BCUT2D eigenvalue weighted by Crippen LogP contribution is 2.28. The monoisotopic (exact) mass is 275 g/mol. The van der Waals surface area contributed by atoms with Gasteiger partial charge < -0.3 is 10.1 Å². The van der Waals surface area contributed by atoms with Crippen LogP contribution < -0.4 is 5.32 Å². The van der Waals surface area contributed by atoms with E-state index in [-0.39, 0.29) is 0 Å². The van der Waals surface area contributed by atoms with Crippen molar-refractivity contribution < 1.29 is 4.74 Å². The summed E-state index contributed by atoms with van der Waals surface area (Å²) >= 11 is 0. The van der Waals surface area contributed by atoms with Gasteiger partial charge in [0, 0.05) is 19.3 Å². The van der Waals surface area contributed by atoms with Crippen LogP contribution in [0, 0.1) is 5.92 Å². The van der Waals surface area contributed by atoms with Crippen molar-refractivity contribution in [1.29, 1.82) is 0 Å². The third-order valence-corrected chi connectivity index (χ3v) is 4.07. The molecule has 0 radical (unpaired) electrons. The fraction of sp³-hybridized carbons (Fsp3) is 0.667. The number of hydrogen-bond donors (Lipinski definition) is 1. The van der Waals surface area contributed by atoms with Crippen molar-refractivity contribution in [3.05, 3.63) is 35.4 Å². The van der Waals surface area contributed by atoms with Crippen LogP contribution in [0.25, 0.3) is 0 Å². The van der Waals surface area contributed by atoms with E-state index >= 15 is 0 Å². The van der Waals surface area contributed by atoms with E-state index in [9.17, 15) is 0 Å². The molecule has 1 atom stereocenters. The normalized spacial score (nSPS) is 16.6. The zero-order chi connectivity index (χ0) is 14.4. The predicted octanol–water partition coefficient (Wildman–Crippen LogP) is 4.28. The molecule has 1 unspecified atom stereocenters. The standard InChI is InChI=1S/C18H29NO/c1-14(2)17-7-9-18(10-8-17)15(3)19-11-4-12-20-13-16-5-6-16/h7-10,14-16,19H,4-6,11-13H2,1-3H3. The molecular formula is C18H29NO. The molecule has 1 aromatic rings. The van der Waals surface area contributed by atoms with E-state index in [0.717, 1.165) is 32.1 Å². The lowest BCUT2D eigenvalue weighted by Crippen LogP contribution is -2.21. The largest absolute Gasteiger partial charge is 0.381 e. The fourth-order valence-corrected chi connectivity index (χ4v) is 2.31. The molecule has 1 aliphatic carbocycles. The Kier molecular flexibility index (Phi) is 6.06. The summed E-state index contributed by atoms with van der Waals surface area (Å²) in [5.41, 5.74) is 2.78. The Morgan fingerprint density at radius 2 is 1.75 bits per heavy atom. The average molecular weight is 275 g/mol. The summed E-state index contributed by atoms with van der Waals surface area (Å²) in [5, 5.41) is 3.57. The molecule has 20 heavy (non-hydrogen) atoms. The lowest BCUT2D eigenvalue weighted by Gasteiger charge is -2.15. The van der Waals surface area contributed by atoms with E-state index in [4.69, 9.17) is 4.74 Å². The number of benzene rings is 1. The van der Waals surface area contributed by atoms with Gasteiger partial charge >= 0.3 is 0 Å². The first-order valence-electron chi connectivity index (χ1n) is 8.08. The molecule has 0 bridgehead atoms. The van der Waals surface area contributed by atoms with Gasteiger partial charge in [-0.25, -0.2) is 0 Å². The van der Waals surface area contributed by atoms with Gasteiger partial charge in [0.25, 0.3) is 0 Å². The van der Waals surface area contributed by atoms with Crippen LogP contribution in [0.1, 0.15) is 63.1 Å². The second kappa shape index (κ2) is 7.80. The second-order valence-corrected chi connectivity index (χ2v) is 6.37. The molecule has 1 N–H and O–H groups in total. The Morgan fingerprint density at radius 1 is 1.10 bits per heavy atom. The summed E-state index contributed by atoms with van der Waals surface area (Å²) < 4.78 is 5.65. The Hall–Kier alpha value is -0.860. The molecule has 2 rings (SSSR count). The first kappa shape index (κ1) is 15.5. The first-order chi connectivity index (χ1) is 9.66. The van der Waals surface area contributed by atoms with Crippen LogP contribution in [0.4, 0.5) is 0 Å². The lowest BCUT2D eigenvalue weighted by atomic mass is 9.99. The van der Waals surface area contributed by atoms with Crippen LogP contribution >= 0.6 is 0 Å². The molecule has 2 nitrogen and oxygen atoms in total. The minimum Gasteiger partial charge on any atom is -0.381 e. The highest BCUT2D eigenvalue weighted by Gasteiger charge is 2.20. The van der Waals surface area contributed by atoms with Crippen LogP contribution in [0.3, 0.4) is 0 Å². The lowest BCUT2D eigenvalue weighted by molar-refractivity contribution is 0.121. The van der Waals surface area contributed by atoms with Crippen molar-refractivity contribution in [2.45, 2.75) is 52.0 Å². The Labute approximate surface area is 123 Å². The molecule has 1 saturated carbocycles. The molecule has 1 fully saturated rings. The van der Waals surface area contributed by atoms with Gasteiger partial charge in [0.15, 0.2) is 0 Å². The predicted molar refractivity (Wildman–Crippen MR) is 85.1 cm³/mol. The van der Waals surface area contributed by atoms with Gasteiger partial charge in [0.1, 0.15) is 0 Å². The average Bonchev–Trinajstić information content (AvgIpc) is 3.26. The molecule has 0 spiro atoms. The van der Waals surface area contributed by atoms with Crippen LogP contribution in [0.15, 0.2) is 24.3 Å². The number of rotatable bonds is 9. The van der Waals surface area contributed by atoms with Crippen LogP contribution in [-0.4, -0.2) is 19.8 Å². The maximum atomic E-state index is 5.65. The van der Waals surface area contributed by atoms with E-state index in [1.54, 1.807) is 0 Å². The Morgan fingerprint density at radius 3 is 2.35 bits per heavy atom. The third kappa shape index (κ3) is 5.26. The van der Waals surface area contributed by atoms with Crippen LogP contribution in [-0.2, 0) is 4.74 Å². The Balaban J connectivity index is 1.61. The molecule has 1 aromatic carbocycles. The van der Waals surface area contributed by atoms with Gasteiger partial charge in [-0.3, -0.25) is 0 Å². The van der Waals surface area contributed by atoms with Crippen molar-refractivity contribution >= 4 is 0 Å². The number of hydrogen-bond acceptors (Lipinski definition) is 2. The number of ether oxygens (including phenoxy) is 1. The highest BCUT2D eigenvalue weighted by molar-refractivity contribution is 5.26. The van der Waals surface area contributed by atoms with Crippen molar-refractivity contribution in [3.8, 4) is 0 Å². The van der Waals surface area contributed by atoms with Crippen LogP contribution in [0.2, 0.25) is 0 Å². The van der Waals surface area contributed by atoms with Crippen molar-refractivity contribution in [2.75, 3.05) is 19.8 Å². The summed E-state index contributed by atoms with van der Waals surface area (Å²) in [6.45, 7) is 9.60. The minimum atomic E-state index is 0.416. The SMILES string of the molecule is CC(C)c1ccc(C(C)NCCCOCC2CC2)cc1. The van der Waals surface area contributed by atoms with Crippen molar-refractivity contribution in [2.24, 2.45) is 5.92 Å². The van der Waals surface area contributed by atoms with Gasteiger partial charge in [0.05, 0.1) is 0 Å². The molecule has 0 heterocycles. The van der Waals surface area contributed by atoms with Gasteiger partial charge in [-0.1, -0.05) is 38.1 Å². The summed E-state index contributed by atoms with van der Waals surface area (Å²) in [5.74, 6) is 1.48. The fourth-order valence-electron chi connectivity index (χ4n) is 2.31. The smallest absolute Gasteiger partial charge is 0.0494 e. The zero-order valence-electron chi connectivity index (χ0n) is 13.2. The topological polar surface area (TPSA) is 21.3 Å². The molecule has 1 aliphatic rings. The second-order valence-electron chi connectivity index (χ2n) is 6.37. The Bertz CT molecular complexity index is 381. The maximum absolute atomic E-state index is 5.65. The molecule has 0 saturated heterocycles. The first-order valence-corrected chi connectivity index (χ1v) is 8.08. The van der Waals surface area contributed by atoms with Gasteiger partial charge in [-0.2, -0.15) is 0 Å². The molecule has 0 aliphatic heterocycles. The maximum Gasteiger partial charge on any atom is 0.0494 e. The van der Waals surface area contributed by atoms with Gasteiger partial charge in [0.2, 0.25) is 0 Å². The molecule has 0 amide bonds. The van der Waals surface area contributed by atoms with Crippen molar-refractivity contribution in [1.82, 2.24) is 5.32 Å². The molecule has 0 aromatic heterocycles. The van der Waals surface area contributed by atoms with E-state index in [1.807, 2.05) is 0 Å². The van der Waals surface area contributed by atoms with Gasteiger partial charge in [-0.05, 0) is 55.7 Å². The zero-order valence-corrected chi connectivity index (χ0v) is 13.2. The molecule has 2 heteroatoms. The summed E-state index contributed by atoms with van der Waals surface area (Å²) in [7, 11) is 0. The van der Waals surface area contributed by atoms with E-state index in [0.29, 0.717) is 12.0 Å². The van der Waals surface area contributed by atoms with Crippen LogP contribution in [0.5, 0.6) is 0 Å². The molecular weight excluding hydrogens is 246 g/mol. The quantitative estimate of drug-likeness (QED) is 0.679. The van der Waals surface area contributed by atoms with Gasteiger partial charge in [-0.15, -0.1) is 0 Å². The van der Waals surface area contributed by atoms with E-state index in [2.05, 4.69) is 50.4 Å². The summed E-state index contributed by atoms with van der Waals surface area (Å²) in [6, 6.07) is 9.40. The minimum absolute atomic E-state index is 0.416. The highest BCUT2D eigenvalue weighted by atomic mass is 16.5. The van der Waals surface area contributed by atoms with E-state index < -0.39 is 0 Å². The molecule has 112 valence electrons. The summed E-state index contributed by atoms with van der Waals surface area (Å²) in [6.07, 6.45) is 3.85.